The zero-order valence-electron chi connectivity index (χ0n) is 8.34. The summed E-state index contributed by atoms with van der Waals surface area (Å²) in [5.74, 6) is 1.37. The molecule has 2 heteroatoms. The summed E-state index contributed by atoms with van der Waals surface area (Å²) in [6.07, 6.45) is 4.72. The predicted molar refractivity (Wildman–Crippen MR) is 49.8 cm³/mol. The molecule has 1 fully saturated rings. The lowest BCUT2D eigenvalue weighted by Gasteiger charge is -2.27. The molecule has 12 heavy (non-hydrogen) atoms. The van der Waals surface area contributed by atoms with Gasteiger partial charge in [0.15, 0.2) is 0 Å². The fraction of sp³-hybridized carbons (Fsp3) is 0.900. The summed E-state index contributed by atoms with van der Waals surface area (Å²) >= 11 is 0. The SMILES string of the molecule is CC1CCCC(C(=O)N(C)C)C1. The molecule has 2 nitrogen and oxygen atoms in total. The minimum absolute atomic E-state index is 0.309. The van der Waals surface area contributed by atoms with Crippen LogP contribution in [0.2, 0.25) is 0 Å². The van der Waals surface area contributed by atoms with E-state index in [4.69, 9.17) is 0 Å². The molecule has 0 aliphatic heterocycles. The molecule has 1 amide bonds. The van der Waals surface area contributed by atoms with Crippen molar-refractivity contribution in [3.8, 4) is 0 Å². The first kappa shape index (κ1) is 9.56. The third-order valence-electron chi connectivity index (χ3n) is 2.73. The highest BCUT2D eigenvalue weighted by atomic mass is 16.2. The van der Waals surface area contributed by atoms with Crippen LogP contribution in [-0.2, 0) is 4.79 Å². The standard InChI is InChI=1S/C10H19NO/c1-8-5-4-6-9(7-8)10(12)11(2)3/h8-9H,4-7H2,1-3H3. The summed E-state index contributed by atoms with van der Waals surface area (Å²) in [4.78, 5) is 13.3. The van der Waals surface area contributed by atoms with E-state index in [1.54, 1.807) is 4.90 Å². The third kappa shape index (κ3) is 2.23. The van der Waals surface area contributed by atoms with Crippen LogP contribution in [0.15, 0.2) is 0 Å². The van der Waals surface area contributed by atoms with E-state index < -0.39 is 0 Å². The second-order valence-electron chi connectivity index (χ2n) is 4.20. The predicted octanol–water partition coefficient (Wildman–Crippen LogP) is 1.90. The Morgan fingerprint density at radius 3 is 2.50 bits per heavy atom. The third-order valence-corrected chi connectivity index (χ3v) is 2.73. The molecule has 0 aromatic carbocycles. The molecule has 1 saturated carbocycles. The molecular weight excluding hydrogens is 150 g/mol. The summed E-state index contributed by atoms with van der Waals surface area (Å²) in [5.41, 5.74) is 0. The molecule has 70 valence electrons. The van der Waals surface area contributed by atoms with Crippen LogP contribution in [0, 0.1) is 11.8 Å². The van der Waals surface area contributed by atoms with Gasteiger partial charge in [0.25, 0.3) is 0 Å². The molecule has 1 aliphatic rings. The van der Waals surface area contributed by atoms with Gasteiger partial charge < -0.3 is 4.90 Å². The Morgan fingerprint density at radius 1 is 1.33 bits per heavy atom. The fourth-order valence-electron chi connectivity index (χ4n) is 2.02. The van der Waals surface area contributed by atoms with E-state index in [0.29, 0.717) is 11.8 Å². The number of hydrogen-bond donors (Lipinski definition) is 0. The highest BCUT2D eigenvalue weighted by molar-refractivity contribution is 5.78. The van der Waals surface area contributed by atoms with E-state index >= 15 is 0 Å². The minimum atomic E-state index is 0.309. The molecule has 2 unspecified atom stereocenters. The first-order chi connectivity index (χ1) is 5.61. The molecule has 1 aliphatic carbocycles. The van der Waals surface area contributed by atoms with Gasteiger partial charge in [-0.3, -0.25) is 4.79 Å². The second kappa shape index (κ2) is 3.92. The first-order valence-electron chi connectivity index (χ1n) is 4.82. The van der Waals surface area contributed by atoms with Crippen molar-refractivity contribution < 1.29 is 4.79 Å². The highest BCUT2D eigenvalue weighted by Gasteiger charge is 2.25. The topological polar surface area (TPSA) is 20.3 Å². The van der Waals surface area contributed by atoms with Crippen LogP contribution in [0.1, 0.15) is 32.6 Å². The average molecular weight is 169 g/mol. The van der Waals surface area contributed by atoms with Crippen molar-refractivity contribution in [2.24, 2.45) is 11.8 Å². The smallest absolute Gasteiger partial charge is 0.225 e. The number of carbonyl (C=O) groups is 1. The molecule has 0 N–H and O–H groups in total. The van der Waals surface area contributed by atoms with E-state index in [2.05, 4.69) is 6.92 Å². The first-order valence-corrected chi connectivity index (χ1v) is 4.82. The van der Waals surface area contributed by atoms with Gasteiger partial charge >= 0.3 is 0 Å². The van der Waals surface area contributed by atoms with Gasteiger partial charge in [0, 0.05) is 20.0 Å². The Morgan fingerprint density at radius 2 is 2.00 bits per heavy atom. The van der Waals surface area contributed by atoms with E-state index in [-0.39, 0.29) is 0 Å². The Balaban J connectivity index is 2.46. The monoisotopic (exact) mass is 169 g/mol. The zero-order valence-corrected chi connectivity index (χ0v) is 8.34. The Hall–Kier alpha value is -0.530. The van der Waals surface area contributed by atoms with Crippen LogP contribution in [0.25, 0.3) is 0 Å². The molecule has 0 spiro atoms. The van der Waals surface area contributed by atoms with Crippen molar-refractivity contribution in [1.29, 1.82) is 0 Å². The summed E-state index contributed by atoms with van der Waals surface area (Å²) in [7, 11) is 3.70. The van der Waals surface area contributed by atoms with E-state index in [1.807, 2.05) is 14.1 Å². The van der Waals surface area contributed by atoms with Crippen LogP contribution in [0.4, 0.5) is 0 Å². The van der Waals surface area contributed by atoms with Crippen LogP contribution in [0.5, 0.6) is 0 Å². The molecule has 0 aromatic heterocycles. The van der Waals surface area contributed by atoms with Gasteiger partial charge in [0.1, 0.15) is 0 Å². The molecule has 1 rings (SSSR count). The van der Waals surface area contributed by atoms with Gasteiger partial charge in [-0.15, -0.1) is 0 Å². The second-order valence-corrected chi connectivity index (χ2v) is 4.20. The van der Waals surface area contributed by atoms with Crippen LogP contribution in [0.3, 0.4) is 0 Å². The Labute approximate surface area is 74.9 Å². The maximum Gasteiger partial charge on any atom is 0.225 e. The lowest BCUT2D eigenvalue weighted by Crippen LogP contribution is -2.32. The summed E-state index contributed by atoms with van der Waals surface area (Å²) in [6, 6.07) is 0. The zero-order chi connectivity index (χ0) is 9.14. The van der Waals surface area contributed by atoms with Crippen molar-refractivity contribution in [3.63, 3.8) is 0 Å². The average Bonchev–Trinajstić information content (AvgIpc) is 2.03. The molecule has 0 heterocycles. The number of amides is 1. The van der Waals surface area contributed by atoms with Gasteiger partial charge in [0.2, 0.25) is 5.91 Å². The molecular formula is C10H19NO. The van der Waals surface area contributed by atoms with E-state index in [0.717, 1.165) is 18.8 Å². The van der Waals surface area contributed by atoms with Crippen molar-refractivity contribution in [3.05, 3.63) is 0 Å². The summed E-state index contributed by atoms with van der Waals surface area (Å²) in [5, 5.41) is 0. The van der Waals surface area contributed by atoms with Crippen molar-refractivity contribution in [1.82, 2.24) is 4.90 Å². The maximum absolute atomic E-state index is 11.6. The molecule has 0 aromatic rings. The van der Waals surface area contributed by atoms with Gasteiger partial charge in [-0.05, 0) is 18.8 Å². The minimum Gasteiger partial charge on any atom is -0.349 e. The maximum atomic E-state index is 11.6. The van der Waals surface area contributed by atoms with Crippen molar-refractivity contribution in [2.75, 3.05) is 14.1 Å². The van der Waals surface area contributed by atoms with Crippen LogP contribution in [-0.4, -0.2) is 24.9 Å². The molecule has 2 atom stereocenters. The number of carbonyl (C=O) groups excluding carboxylic acids is 1. The largest absolute Gasteiger partial charge is 0.349 e. The van der Waals surface area contributed by atoms with Gasteiger partial charge in [-0.25, -0.2) is 0 Å². The Kier molecular flexibility index (Phi) is 3.12. The van der Waals surface area contributed by atoms with Gasteiger partial charge in [-0.1, -0.05) is 19.8 Å². The van der Waals surface area contributed by atoms with Gasteiger partial charge in [-0.2, -0.15) is 0 Å². The lowest BCUT2D eigenvalue weighted by molar-refractivity contribution is -0.134. The van der Waals surface area contributed by atoms with E-state index in [1.165, 1.54) is 12.8 Å². The van der Waals surface area contributed by atoms with E-state index in [9.17, 15) is 4.79 Å². The summed E-state index contributed by atoms with van der Waals surface area (Å²) < 4.78 is 0. The summed E-state index contributed by atoms with van der Waals surface area (Å²) in [6.45, 7) is 2.25. The number of hydrogen-bond acceptors (Lipinski definition) is 1. The highest BCUT2D eigenvalue weighted by Crippen LogP contribution is 2.29. The number of rotatable bonds is 1. The molecule has 0 saturated heterocycles. The normalized spacial score (nSPS) is 29.9. The quantitative estimate of drug-likeness (QED) is 0.587. The fourth-order valence-corrected chi connectivity index (χ4v) is 2.02. The number of nitrogens with zero attached hydrogens (tertiary/aromatic N) is 1. The Bertz CT molecular complexity index is 165. The van der Waals surface area contributed by atoms with Crippen LogP contribution >= 0.6 is 0 Å². The lowest BCUT2D eigenvalue weighted by atomic mass is 9.82. The van der Waals surface area contributed by atoms with Crippen molar-refractivity contribution in [2.45, 2.75) is 32.6 Å². The van der Waals surface area contributed by atoms with Crippen molar-refractivity contribution >= 4 is 5.91 Å². The van der Waals surface area contributed by atoms with Crippen LogP contribution < -0.4 is 0 Å². The molecule has 0 radical (unpaired) electrons. The van der Waals surface area contributed by atoms with Gasteiger partial charge in [0.05, 0.1) is 0 Å². The molecule has 0 bridgehead atoms.